The Morgan fingerprint density at radius 3 is 2.12 bits per heavy atom. The molecule has 1 aliphatic rings. The van der Waals surface area contributed by atoms with Gasteiger partial charge in [-0.25, -0.2) is 0 Å². The highest BCUT2D eigenvalue weighted by molar-refractivity contribution is 6.24. The normalized spacial score (nSPS) is 19.6. The van der Waals surface area contributed by atoms with Gasteiger partial charge in [0.05, 0.1) is 5.60 Å². The van der Waals surface area contributed by atoms with E-state index in [9.17, 15) is 19.5 Å². The fraction of sp³-hybridized carbons (Fsp3) is 0.650. The number of rotatable bonds is 8. The lowest BCUT2D eigenvalue weighted by atomic mass is 9.81. The van der Waals surface area contributed by atoms with Crippen LogP contribution >= 0.6 is 0 Å². The molecule has 0 fully saturated rings. The molecule has 0 aromatic carbocycles. The minimum absolute atomic E-state index is 0.0130. The summed E-state index contributed by atoms with van der Waals surface area (Å²) in [5, 5.41) is 10.5. The zero-order chi connectivity index (χ0) is 18.7. The van der Waals surface area contributed by atoms with E-state index < -0.39 is 5.60 Å². The third-order valence-corrected chi connectivity index (χ3v) is 5.27. The van der Waals surface area contributed by atoms with Crippen LogP contribution in [0.1, 0.15) is 73.6 Å². The van der Waals surface area contributed by atoms with Gasteiger partial charge in [-0.2, -0.15) is 0 Å². The van der Waals surface area contributed by atoms with E-state index in [1.807, 2.05) is 6.92 Å². The van der Waals surface area contributed by atoms with Crippen LogP contribution in [0.25, 0.3) is 0 Å². The van der Waals surface area contributed by atoms with Gasteiger partial charge in [0.2, 0.25) is 0 Å². The molecule has 24 heavy (non-hydrogen) atoms. The monoisotopic (exact) mass is 334 g/mol. The summed E-state index contributed by atoms with van der Waals surface area (Å²) >= 11 is 0. The fourth-order valence-electron chi connectivity index (χ4n) is 2.97. The predicted molar refractivity (Wildman–Crippen MR) is 94.6 cm³/mol. The maximum atomic E-state index is 12.4. The molecule has 0 aromatic rings. The first-order valence-corrected chi connectivity index (χ1v) is 8.67. The van der Waals surface area contributed by atoms with Crippen molar-refractivity contribution >= 4 is 17.3 Å². The molecule has 134 valence electrons. The Morgan fingerprint density at radius 1 is 1.04 bits per heavy atom. The van der Waals surface area contributed by atoms with E-state index in [1.54, 1.807) is 34.6 Å². The quantitative estimate of drug-likeness (QED) is 0.687. The molecule has 0 spiro atoms. The van der Waals surface area contributed by atoms with Crippen LogP contribution in [0.3, 0.4) is 0 Å². The van der Waals surface area contributed by atoms with Crippen molar-refractivity contribution in [3.8, 4) is 0 Å². The highest BCUT2D eigenvalue weighted by atomic mass is 16.3. The summed E-state index contributed by atoms with van der Waals surface area (Å²) in [6.07, 6.45) is 2.92. The van der Waals surface area contributed by atoms with Crippen molar-refractivity contribution in [1.29, 1.82) is 0 Å². The van der Waals surface area contributed by atoms with E-state index in [-0.39, 0.29) is 23.3 Å². The average molecular weight is 334 g/mol. The lowest BCUT2D eigenvalue weighted by Crippen LogP contribution is -2.27. The molecular weight excluding hydrogens is 304 g/mol. The van der Waals surface area contributed by atoms with Gasteiger partial charge in [-0.3, -0.25) is 14.4 Å². The van der Waals surface area contributed by atoms with Crippen LogP contribution in [0.4, 0.5) is 0 Å². The third kappa shape index (κ3) is 4.97. The molecule has 1 aliphatic carbocycles. The highest BCUT2D eigenvalue weighted by Gasteiger charge is 2.29. The van der Waals surface area contributed by atoms with Crippen LogP contribution in [-0.2, 0) is 14.4 Å². The van der Waals surface area contributed by atoms with Gasteiger partial charge >= 0.3 is 0 Å². The predicted octanol–water partition coefficient (Wildman–Crippen LogP) is 3.72. The van der Waals surface area contributed by atoms with Gasteiger partial charge in [-0.15, -0.1) is 0 Å². The van der Waals surface area contributed by atoms with Gasteiger partial charge in [0.1, 0.15) is 5.78 Å². The fourth-order valence-corrected chi connectivity index (χ4v) is 2.97. The number of hydrogen-bond acceptors (Lipinski definition) is 4. The topological polar surface area (TPSA) is 71.4 Å². The molecule has 4 heteroatoms. The molecule has 1 N–H and O–H groups in total. The number of allylic oxidation sites excluding steroid dienone is 4. The van der Waals surface area contributed by atoms with E-state index in [1.165, 1.54) is 0 Å². The standard InChI is InChI=1S/C20H30O4/c1-12(16(5)21)8-7-10-20(6,24)11-9-17-15(4)18(22)13(2)14(3)19(17)23/h12,24H,7-11H2,1-6H3/t12?,20-/m1/s1. The van der Waals surface area contributed by atoms with Crippen LogP contribution in [-0.4, -0.2) is 28.1 Å². The number of aliphatic hydroxyl groups is 1. The number of carbonyl (C=O) groups excluding carboxylic acids is 3. The maximum absolute atomic E-state index is 12.4. The molecule has 0 amide bonds. The van der Waals surface area contributed by atoms with E-state index in [0.29, 0.717) is 41.6 Å². The van der Waals surface area contributed by atoms with E-state index in [0.717, 1.165) is 12.8 Å². The Balaban J connectivity index is 2.65. The van der Waals surface area contributed by atoms with Crippen molar-refractivity contribution in [3.63, 3.8) is 0 Å². The van der Waals surface area contributed by atoms with Gasteiger partial charge < -0.3 is 5.11 Å². The smallest absolute Gasteiger partial charge is 0.185 e. The molecule has 0 radical (unpaired) electrons. The molecule has 1 unspecified atom stereocenters. The molecule has 2 atom stereocenters. The van der Waals surface area contributed by atoms with Crippen molar-refractivity contribution < 1.29 is 19.5 Å². The molecular formula is C20H30O4. The molecule has 0 heterocycles. The van der Waals surface area contributed by atoms with Crippen molar-refractivity contribution in [2.24, 2.45) is 5.92 Å². The number of ketones is 3. The first-order chi connectivity index (χ1) is 11.0. The third-order valence-electron chi connectivity index (χ3n) is 5.27. The molecule has 1 rings (SSSR count). The molecule has 4 nitrogen and oxygen atoms in total. The Hall–Kier alpha value is -1.55. The SMILES string of the molecule is CC(=O)C(C)CCC[C@@](C)(O)CCC1=C(C)C(=O)C(C)=C(C)C1=O. The van der Waals surface area contributed by atoms with Crippen molar-refractivity contribution in [2.45, 2.75) is 79.2 Å². The summed E-state index contributed by atoms with van der Waals surface area (Å²) in [6.45, 7) is 10.3. The lowest BCUT2D eigenvalue weighted by Gasteiger charge is -2.26. The van der Waals surface area contributed by atoms with Crippen LogP contribution in [0, 0.1) is 5.92 Å². The summed E-state index contributed by atoms with van der Waals surface area (Å²) in [5.41, 5.74) is 1.16. The summed E-state index contributed by atoms with van der Waals surface area (Å²) in [4.78, 5) is 35.8. The summed E-state index contributed by atoms with van der Waals surface area (Å²) in [6, 6.07) is 0. The van der Waals surface area contributed by atoms with Crippen LogP contribution < -0.4 is 0 Å². The van der Waals surface area contributed by atoms with Crippen LogP contribution in [0.2, 0.25) is 0 Å². The molecule has 0 bridgehead atoms. The summed E-state index contributed by atoms with van der Waals surface area (Å²) in [7, 11) is 0. The number of carbonyl (C=O) groups is 3. The minimum Gasteiger partial charge on any atom is -0.390 e. The molecule has 0 aromatic heterocycles. The van der Waals surface area contributed by atoms with Gasteiger partial charge in [-0.05, 0) is 66.7 Å². The van der Waals surface area contributed by atoms with Crippen molar-refractivity contribution in [1.82, 2.24) is 0 Å². The molecule has 0 saturated heterocycles. The molecule has 0 aliphatic heterocycles. The second-order valence-corrected chi connectivity index (χ2v) is 7.41. The van der Waals surface area contributed by atoms with Gasteiger partial charge in [0.25, 0.3) is 0 Å². The first-order valence-electron chi connectivity index (χ1n) is 8.67. The second kappa shape index (κ2) is 8.02. The second-order valence-electron chi connectivity index (χ2n) is 7.41. The highest BCUT2D eigenvalue weighted by Crippen LogP contribution is 2.30. The van der Waals surface area contributed by atoms with Crippen LogP contribution in [0.5, 0.6) is 0 Å². The Labute approximate surface area is 145 Å². The zero-order valence-electron chi connectivity index (χ0n) is 15.8. The number of Topliss-reactive ketones (excluding diaryl/α,β-unsaturated/α-hetero) is 3. The van der Waals surface area contributed by atoms with Crippen LogP contribution in [0.15, 0.2) is 22.3 Å². The van der Waals surface area contributed by atoms with Gasteiger partial charge in [-0.1, -0.05) is 6.92 Å². The summed E-state index contributed by atoms with van der Waals surface area (Å²) < 4.78 is 0. The summed E-state index contributed by atoms with van der Waals surface area (Å²) in [5.74, 6) is 0.0288. The maximum Gasteiger partial charge on any atom is 0.185 e. The lowest BCUT2D eigenvalue weighted by molar-refractivity contribution is -0.120. The minimum atomic E-state index is -0.906. The van der Waals surface area contributed by atoms with Gasteiger partial charge in [0.15, 0.2) is 11.6 Å². The van der Waals surface area contributed by atoms with Crippen molar-refractivity contribution in [2.75, 3.05) is 0 Å². The van der Waals surface area contributed by atoms with E-state index in [2.05, 4.69) is 0 Å². The van der Waals surface area contributed by atoms with E-state index in [4.69, 9.17) is 0 Å². The van der Waals surface area contributed by atoms with E-state index >= 15 is 0 Å². The van der Waals surface area contributed by atoms with Crippen molar-refractivity contribution in [3.05, 3.63) is 22.3 Å². The largest absolute Gasteiger partial charge is 0.390 e. The Morgan fingerprint density at radius 2 is 1.58 bits per heavy atom. The molecule has 0 saturated carbocycles. The van der Waals surface area contributed by atoms with Gasteiger partial charge in [0, 0.05) is 28.2 Å². The Kier molecular flexibility index (Phi) is 6.85. The number of hydrogen-bond donors (Lipinski definition) is 1. The average Bonchev–Trinajstić information content (AvgIpc) is 2.50. The Bertz CT molecular complexity index is 605. The zero-order valence-corrected chi connectivity index (χ0v) is 15.8. The first kappa shape index (κ1) is 20.5.